The first kappa shape index (κ1) is 22.1. The van der Waals surface area contributed by atoms with Crippen molar-refractivity contribution in [2.24, 2.45) is 5.10 Å². The van der Waals surface area contributed by atoms with Crippen LogP contribution in [-0.2, 0) is 6.61 Å². The lowest BCUT2D eigenvalue weighted by Gasteiger charge is -2.11. The van der Waals surface area contributed by atoms with Gasteiger partial charge in [-0.15, -0.1) is 11.3 Å². The minimum absolute atomic E-state index is 0.419. The summed E-state index contributed by atoms with van der Waals surface area (Å²) in [7, 11) is 1.61. The van der Waals surface area contributed by atoms with Crippen LogP contribution < -0.4 is 14.9 Å². The van der Waals surface area contributed by atoms with Crippen molar-refractivity contribution < 1.29 is 9.47 Å². The molecule has 0 fully saturated rings. The fourth-order valence-electron chi connectivity index (χ4n) is 2.87. The molecule has 32 heavy (non-hydrogen) atoms. The highest BCUT2D eigenvalue weighted by Crippen LogP contribution is 2.29. The fourth-order valence-corrected chi connectivity index (χ4v) is 3.79. The fraction of sp³-hybridized carbons (Fsp3) is 0.0833. The third-order valence-electron chi connectivity index (χ3n) is 4.51. The summed E-state index contributed by atoms with van der Waals surface area (Å²) >= 11 is 13.3. The highest BCUT2D eigenvalue weighted by atomic mass is 35.5. The number of nitrogens with one attached hydrogen (secondary N) is 1. The predicted molar refractivity (Wildman–Crippen MR) is 133 cm³/mol. The average molecular weight is 484 g/mol. The minimum Gasteiger partial charge on any atom is -0.493 e. The van der Waals surface area contributed by atoms with Crippen molar-refractivity contribution >= 4 is 45.9 Å². The Morgan fingerprint density at radius 1 is 0.969 bits per heavy atom. The van der Waals surface area contributed by atoms with Crippen molar-refractivity contribution in [2.45, 2.75) is 6.61 Å². The number of thiazole rings is 1. The number of aromatic nitrogens is 1. The van der Waals surface area contributed by atoms with E-state index in [9.17, 15) is 0 Å². The van der Waals surface area contributed by atoms with Crippen LogP contribution >= 0.6 is 34.5 Å². The molecule has 0 unspecified atom stereocenters. The van der Waals surface area contributed by atoms with Gasteiger partial charge in [-0.1, -0.05) is 47.5 Å². The summed E-state index contributed by atoms with van der Waals surface area (Å²) < 4.78 is 11.4. The lowest BCUT2D eigenvalue weighted by atomic mass is 10.2. The number of anilines is 1. The maximum atomic E-state index is 5.94. The zero-order chi connectivity index (χ0) is 22.3. The number of hydrazone groups is 1. The van der Waals surface area contributed by atoms with E-state index in [0.717, 1.165) is 22.4 Å². The molecule has 0 aliphatic heterocycles. The summed E-state index contributed by atoms with van der Waals surface area (Å²) in [4.78, 5) is 4.55. The van der Waals surface area contributed by atoms with Crippen molar-refractivity contribution in [1.29, 1.82) is 0 Å². The number of ether oxygens (including phenoxy) is 2. The monoisotopic (exact) mass is 483 g/mol. The Morgan fingerprint density at radius 2 is 1.69 bits per heavy atom. The van der Waals surface area contributed by atoms with E-state index in [1.165, 1.54) is 11.3 Å². The number of rotatable bonds is 8. The molecule has 1 aromatic heterocycles. The average Bonchev–Trinajstić information content (AvgIpc) is 3.28. The maximum absolute atomic E-state index is 5.94. The molecule has 0 radical (unpaired) electrons. The normalized spacial score (nSPS) is 11.0. The molecule has 162 valence electrons. The first-order valence-electron chi connectivity index (χ1n) is 9.66. The molecule has 1 heterocycles. The van der Waals surface area contributed by atoms with Gasteiger partial charge in [0.05, 0.1) is 19.0 Å². The van der Waals surface area contributed by atoms with Crippen LogP contribution in [0.15, 0.2) is 77.2 Å². The SMILES string of the molecule is COc1cc(/C=N\Nc2nc(-c3ccc(Cl)cc3)cs2)ccc1OCc1ccc(Cl)cc1. The highest BCUT2D eigenvalue weighted by Gasteiger charge is 2.07. The third-order valence-corrected chi connectivity index (χ3v) is 5.76. The number of nitrogens with zero attached hydrogens (tertiary/aromatic N) is 2. The smallest absolute Gasteiger partial charge is 0.203 e. The van der Waals surface area contributed by atoms with E-state index in [1.54, 1.807) is 13.3 Å². The van der Waals surface area contributed by atoms with Gasteiger partial charge in [-0.3, -0.25) is 5.43 Å². The molecule has 4 aromatic rings. The number of benzene rings is 3. The molecule has 4 rings (SSSR count). The molecule has 8 heteroatoms. The number of hydrogen-bond donors (Lipinski definition) is 1. The van der Waals surface area contributed by atoms with Gasteiger partial charge < -0.3 is 9.47 Å². The predicted octanol–water partition coefficient (Wildman–Crippen LogP) is 7.15. The van der Waals surface area contributed by atoms with Gasteiger partial charge in [0.15, 0.2) is 11.5 Å². The molecule has 0 saturated heterocycles. The minimum atomic E-state index is 0.419. The van der Waals surface area contributed by atoms with Crippen molar-refractivity contribution in [2.75, 3.05) is 12.5 Å². The Balaban J connectivity index is 1.37. The van der Waals surface area contributed by atoms with Gasteiger partial charge in [0.1, 0.15) is 6.61 Å². The molecule has 0 saturated carbocycles. The first-order valence-corrected chi connectivity index (χ1v) is 11.3. The summed E-state index contributed by atoms with van der Waals surface area (Å²) in [5.74, 6) is 1.28. The Labute approximate surface area is 200 Å². The van der Waals surface area contributed by atoms with Gasteiger partial charge in [0, 0.05) is 21.0 Å². The Hall–Kier alpha value is -3.06. The Kier molecular flexibility index (Phi) is 7.27. The molecule has 0 atom stereocenters. The Morgan fingerprint density at radius 3 is 2.41 bits per heavy atom. The van der Waals surface area contributed by atoms with Crippen LogP contribution in [0.3, 0.4) is 0 Å². The van der Waals surface area contributed by atoms with Gasteiger partial charge in [0.2, 0.25) is 5.13 Å². The summed E-state index contributed by atoms with van der Waals surface area (Å²) in [6.45, 7) is 0.419. The second-order valence-corrected chi connectivity index (χ2v) is 8.47. The van der Waals surface area contributed by atoms with Crippen LogP contribution in [0.1, 0.15) is 11.1 Å². The maximum Gasteiger partial charge on any atom is 0.203 e. The van der Waals surface area contributed by atoms with E-state index < -0.39 is 0 Å². The summed E-state index contributed by atoms with van der Waals surface area (Å²) in [6.07, 6.45) is 1.70. The van der Waals surface area contributed by atoms with E-state index in [1.807, 2.05) is 72.1 Å². The summed E-state index contributed by atoms with van der Waals surface area (Å²) in [6, 6.07) is 20.7. The molecular formula is C24H19Cl2N3O2S. The Bertz CT molecular complexity index is 1210. The van der Waals surface area contributed by atoms with Crippen LogP contribution in [0.4, 0.5) is 5.13 Å². The summed E-state index contributed by atoms with van der Waals surface area (Å²) in [5.41, 5.74) is 6.72. The topological polar surface area (TPSA) is 55.7 Å². The standard InChI is InChI=1S/C24H19Cl2N3O2S/c1-30-23-12-17(4-11-22(23)31-14-16-2-7-19(25)8-3-16)13-27-29-24-28-21(15-32-24)18-5-9-20(26)10-6-18/h2-13,15H,14H2,1H3,(H,28,29)/b27-13-. The van der Waals surface area contributed by atoms with E-state index in [4.69, 9.17) is 32.7 Å². The van der Waals surface area contributed by atoms with Gasteiger partial charge in [-0.2, -0.15) is 5.10 Å². The molecule has 0 aliphatic rings. The van der Waals surface area contributed by atoms with E-state index in [-0.39, 0.29) is 0 Å². The lowest BCUT2D eigenvalue weighted by Crippen LogP contribution is -1.98. The second-order valence-electron chi connectivity index (χ2n) is 6.74. The molecule has 5 nitrogen and oxygen atoms in total. The van der Waals surface area contributed by atoms with E-state index in [0.29, 0.717) is 33.3 Å². The third kappa shape index (κ3) is 5.79. The van der Waals surface area contributed by atoms with E-state index >= 15 is 0 Å². The number of halogens is 2. The van der Waals surface area contributed by atoms with E-state index in [2.05, 4.69) is 15.5 Å². The lowest BCUT2D eigenvalue weighted by molar-refractivity contribution is 0.284. The van der Waals surface area contributed by atoms with Gasteiger partial charge in [-0.05, 0) is 53.6 Å². The van der Waals surface area contributed by atoms with Crippen LogP contribution in [0.25, 0.3) is 11.3 Å². The molecule has 1 N–H and O–H groups in total. The van der Waals surface area contributed by atoms with Crippen LogP contribution in [0.5, 0.6) is 11.5 Å². The van der Waals surface area contributed by atoms with Crippen LogP contribution in [0.2, 0.25) is 10.0 Å². The molecule has 0 bridgehead atoms. The van der Waals surface area contributed by atoms with Gasteiger partial charge in [0.25, 0.3) is 0 Å². The van der Waals surface area contributed by atoms with Crippen molar-refractivity contribution in [3.05, 3.63) is 93.3 Å². The molecule has 0 spiro atoms. The van der Waals surface area contributed by atoms with Crippen LogP contribution in [-0.4, -0.2) is 18.3 Å². The van der Waals surface area contributed by atoms with Gasteiger partial charge in [-0.25, -0.2) is 4.98 Å². The second kappa shape index (κ2) is 10.5. The number of methoxy groups -OCH3 is 1. The largest absolute Gasteiger partial charge is 0.493 e. The zero-order valence-corrected chi connectivity index (χ0v) is 19.4. The van der Waals surface area contributed by atoms with Gasteiger partial charge >= 0.3 is 0 Å². The molecular weight excluding hydrogens is 465 g/mol. The molecule has 3 aromatic carbocycles. The highest BCUT2D eigenvalue weighted by molar-refractivity contribution is 7.14. The van der Waals surface area contributed by atoms with Crippen molar-refractivity contribution in [3.8, 4) is 22.8 Å². The number of hydrogen-bond acceptors (Lipinski definition) is 6. The zero-order valence-electron chi connectivity index (χ0n) is 17.1. The first-order chi connectivity index (χ1) is 15.6. The van der Waals surface area contributed by atoms with Crippen LogP contribution in [0, 0.1) is 0 Å². The summed E-state index contributed by atoms with van der Waals surface area (Å²) in [5, 5.41) is 8.34. The quantitative estimate of drug-likeness (QED) is 0.213. The van der Waals surface area contributed by atoms with Crippen molar-refractivity contribution in [3.63, 3.8) is 0 Å². The molecule has 0 aliphatic carbocycles. The molecule has 0 amide bonds. The van der Waals surface area contributed by atoms with Crippen molar-refractivity contribution in [1.82, 2.24) is 4.98 Å².